The van der Waals surface area contributed by atoms with E-state index in [2.05, 4.69) is 5.32 Å². The maximum absolute atomic E-state index is 11.4. The van der Waals surface area contributed by atoms with Crippen molar-refractivity contribution in [3.63, 3.8) is 0 Å². The van der Waals surface area contributed by atoms with Gasteiger partial charge < -0.3 is 5.32 Å². The van der Waals surface area contributed by atoms with E-state index in [0.29, 0.717) is 36.2 Å². The van der Waals surface area contributed by atoms with Crippen LogP contribution in [-0.2, 0) is 16.6 Å². The first-order valence-corrected chi connectivity index (χ1v) is 9.05. The average molecular weight is 339 g/mol. The first-order chi connectivity index (χ1) is 9.36. The second-order valence-electron chi connectivity index (χ2n) is 4.49. The van der Waals surface area contributed by atoms with Gasteiger partial charge in [0, 0.05) is 35.2 Å². The Morgan fingerprint density at radius 1 is 1.25 bits per heavy atom. The van der Waals surface area contributed by atoms with Crippen LogP contribution in [-0.4, -0.2) is 38.6 Å². The van der Waals surface area contributed by atoms with E-state index in [4.69, 9.17) is 23.2 Å². The van der Waals surface area contributed by atoms with E-state index in [0.717, 1.165) is 12.0 Å². The summed E-state index contributed by atoms with van der Waals surface area (Å²) in [6.45, 7) is 4.11. The highest BCUT2D eigenvalue weighted by molar-refractivity contribution is 7.88. The van der Waals surface area contributed by atoms with Crippen molar-refractivity contribution in [3.05, 3.63) is 33.8 Å². The average Bonchev–Trinajstić information content (AvgIpc) is 2.35. The molecule has 0 amide bonds. The molecular formula is C13H20Cl2N2O2S. The number of halogens is 2. The van der Waals surface area contributed by atoms with Gasteiger partial charge in [0.05, 0.1) is 6.26 Å². The van der Waals surface area contributed by atoms with E-state index in [1.54, 1.807) is 18.2 Å². The van der Waals surface area contributed by atoms with Crippen molar-refractivity contribution >= 4 is 33.2 Å². The molecule has 114 valence electrons. The Hall–Kier alpha value is -0.330. The summed E-state index contributed by atoms with van der Waals surface area (Å²) in [7, 11) is -3.10. The highest BCUT2D eigenvalue weighted by Gasteiger charge is 2.13. The third-order valence-electron chi connectivity index (χ3n) is 2.95. The Labute approximate surface area is 131 Å². The van der Waals surface area contributed by atoms with Crippen LogP contribution in [0.15, 0.2) is 18.2 Å². The molecule has 0 aliphatic rings. The van der Waals surface area contributed by atoms with Gasteiger partial charge in [0.25, 0.3) is 0 Å². The highest BCUT2D eigenvalue weighted by Crippen LogP contribution is 2.23. The van der Waals surface area contributed by atoms with E-state index < -0.39 is 10.0 Å². The largest absolute Gasteiger partial charge is 0.313 e. The third kappa shape index (κ3) is 5.58. The summed E-state index contributed by atoms with van der Waals surface area (Å²) in [5.41, 5.74) is 0.867. The molecule has 0 saturated heterocycles. The smallest absolute Gasteiger partial charge is 0.211 e. The lowest BCUT2D eigenvalue weighted by Gasteiger charge is -2.17. The van der Waals surface area contributed by atoms with Crippen LogP contribution < -0.4 is 5.32 Å². The minimum absolute atomic E-state index is 0.495. The summed E-state index contributed by atoms with van der Waals surface area (Å²) in [4.78, 5) is 0. The van der Waals surface area contributed by atoms with Gasteiger partial charge in [0.1, 0.15) is 0 Å². The quantitative estimate of drug-likeness (QED) is 0.741. The molecule has 0 spiro atoms. The van der Waals surface area contributed by atoms with Gasteiger partial charge in [0.15, 0.2) is 0 Å². The van der Waals surface area contributed by atoms with E-state index in [1.165, 1.54) is 10.6 Å². The van der Waals surface area contributed by atoms with E-state index in [1.807, 2.05) is 6.92 Å². The van der Waals surface area contributed by atoms with Gasteiger partial charge in [-0.05, 0) is 25.1 Å². The Balaban J connectivity index is 2.36. The fraction of sp³-hybridized carbons (Fsp3) is 0.538. The second-order valence-corrected chi connectivity index (χ2v) is 7.28. The van der Waals surface area contributed by atoms with Gasteiger partial charge in [-0.2, -0.15) is 0 Å². The molecule has 7 heteroatoms. The SMILES string of the molecule is CCN(CCCNCc1c(Cl)cccc1Cl)S(C)(=O)=O. The van der Waals surface area contributed by atoms with Gasteiger partial charge in [-0.1, -0.05) is 36.2 Å². The monoisotopic (exact) mass is 338 g/mol. The molecule has 0 aromatic heterocycles. The first-order valence-electron chi connectivity index (χ1n) is 6.45. The Morgan fingerprint density at radius 2 is 1.85 bits per heavy atom. The summed E-state index contributed by atoms with van der Waals surface area (Å²) in [5.74, 6) is 0. The van der Waals surface area contributed by atoms with Crippen LogP contribution in [0.4, 0.5) is 0 Å². The van der Waals surface area contributed by atoms with Crippen LogP contribution in [0.5, 0.6) is 0 Å². The first kappa shape index (κ1) is 17.7. The minimum Gasteiger partial charge on any atom is -0.313 e. The van der Waals surface area contributed by atoms with E-state index in [-0.39, 0.29) is 0 Å². The number of hydrogen-bond donors (Lipinski definition) is 1. The Kier molecular flexibility index (Phi) is 7.26. The zero-order chi connectivity index (χ0) is 15.2. The molecule has 0 saturated carbocycles. The molecule has 1 aromatic carbocycles. The number of hydrogen-bond acceptors (Lipinski definition) is 3. The standard InChI is InChI=1S/C13H20Cl2N2O2S/c1-3-17(20(2,18)19)9-5-8-16-10-11-12(14)6-4-7-13(11)15/h4,6-7,16H,3,5,8-10H2,1-2H3. The predicted molar refractivity (Wildman–Crippen MR) is 84.9 cm³/mol. The predicted octanol–water partition coefficient (Wildman–Crippen LogP) is 2.75. The molecule has 0 radical (unpaired) electrons. The number of sulfonamides is 1. The normalized spacial score (nSPS) is 12.1. The lowest BCUT2D eigenvalue weighted by molar-refractivity contribution is 0.419. The van der Waals surface area contributed by atoms with Crippen LogP contribution in [0.25, 0.3) is 0 Å². The van der Waals surface area contributed by atoms with Crippen LogP contribution in [0.2, 0.25) is 10.0 Å². The number of nitrogens with one attached hydrogen (secondary N) is 1. The van der Waals surface area contributed by atoms with Crippen LogP contribution >= 0.6 is 23.2 Å². The molecule has 1 N–H and O–H groups in total. The fourth-order valence-corrected chi connectivity index (χ4v) is 3.31. The van der Waals surface area contributed by atoms with Gasteiger partial charge in [0.2, 0.25) is 10.0 Å². The number of rotatable bonds is 8. The topological polar surface area (TPSA) is 49.4 Å². The zero-order valence-electron chi connectivity index (χ0n) is 11.7. The maximum Gasteiger partial charge on any atom is 0.211 e. The minimum atomic E-state index is -3.10. The second kappa shape index (κ2) is 8.20. The third-order valence-corrected chi connectivity index (χ3v) is 5.03. The molecular weight excluding hydrogens is 319 g/mol. The molecule has 0 atom stereocenters. The van der Waals surface area contributed by atoms with Crippen molar-refractivity contribution < 1.29 is 8.42 Å². The molecule has 0 aliphatic heterocycles. The van der Waals surface area contributed by atoms with Gasteiger partial charge in [-0.3, -0.25) is 0 Å². The molecule has 0 aliphatic carbocycles. The molecule has 1 rings (SSSR count). The van der Waals surface area contributed by atoms with Gasteiger partial charge in [-0.25, -0.2) is 12.7 Å². The molecule has 0 unspecified atom stereocenters. The Bertz CT molecular complexity index is 515. The van der Waals surface area contributed by atoms with E-state index in [9.17, 15) is 8.42 Å². The summed E-state index contributed by atoms with van der Waals surface area (Å²) in [6.07, 6.45) is 1.97. The lowest BCUT2D eigenvalue weighted by Crippen LogP contribution is -2.32. The zero-order valence-corrected chi connectivity index (χ0v) is 14.0. The van der Waals surface area contributed by atoms with Crippen LogP contribution in [0, 0.1) is 0 Å². The van der Waals surface area contributed by atoms with Gasteiger partial charge in [-0.15, -0.1) is 0 Å². The lowest BCUT2D eigenvalue weighted by atomic mass is 10.2. The number of benzene rings is 1. The van der Waals surface area contributed by atoms with Gasteiger partial charge >= 0.3 is 0 Å². The summed E-state index contributed by atoms with van der Waals surface area (Å²) in [5, 5.41) is 4.49. The summed E-state index contributed by atoms with van der Waals surface area (Å²) in [6, 6.07) is 5.40. The molecule has 20 heavy (non-hydrogen) atoms. The van der Waals surface area contributed by atoms with Crippen LogP contribution in [0.3, 0.4) is 0 Å². The molecule has 1 aromatic rings. The van der Waals surface area contributed by atoms with Crippen molar-refractivity contribution in [1.29, 1.82) is 0 Å². The Morgan fingerprint density at radius 3 is 2.35 bits per heavy atom. The van der Waals surface area contributed by atoms with Crippen molar-refractivity contribution in [2.24, 2.45) is 0 Å². The fourth-order valence-electron chi connectivity index (χ4n) is 1.85. The van der Waals surface area contributed by atoms with E-state index >= 15 is 0 Å². The maximum atomic E-state index is 11.4. The van der Waals surface area contributed by atoms with Crippen molar-refractivity contribution in [2.45, 2.75) is 19.9 Å². The molecule has 0 fully saturated rings. The molecule has 4 nitrogen and oxygen atoms in total. The highest BCUT2D eigenvalue weighted by atomic mass is 35.5. The molecule has 0 bridgehead atoms. The number of nitrogens with zero attached hydrogens (tertiary/aromatic N) is 1. The molecule has 0 heterocycles. The summed E-state index contributed by atoms with van der Waals surface area (Å²) < 4.78 is 24.3. The van der Waals surface area contributed by atoms with Crippen molar-refractivity contribution in [1.82, 2.24) is 9.62 Å². The van der Waals surface area contributed by atoms with Crippen molar-refractivity contribution in [3.8, 4) is 0 Å². The summed E-state index contributed by atoms with van der Waals surface area (Å²) >= 11 is 12.1. The van der Waals surface area contributed by atoms with Crippen molar-refractivity contribution in [2.75, 3.05) is 25.9 Å². The van der Waals surface area contributed by atoms with Crippen LogP contribution in [0.1, 0.15) is 18.9 Å².